The van der Waals surface area contributed by atoms with E-state index in [4.69, 9.17) is 11.6 Å². The Labute approximate surface area is 143 Å². The van der Waals surface area contributed by atoms with E-state index >= 15 is 0 Å². The van der Waals surface area contributed by atoms with Crippen molar-refractivity contribution in [1.82, 2.24) is 14.8 Å². The van der Waals surface area contributed by atoms with Gasteiger partial charge in [0.1, 0.15) is 11.5 Å². The SMILES string of the molecule is O=C(c1ccccn1)N1CCN(C(=O)c2c(F)cccc2Cl)CC1. The van der Waals surface area contributed by atoms with Crippen LogP contribution < -0.4 is 0 Å². The zero-order chi connectivity index (χ0) is 17.1. The van der Waals surface area contributed by atoms with Crippen LogP contribution in [-0.4, -0.2) is 52.8 Å². The fourth-order valence-corrected chi connectivity index (χ4v) is 2.87. The van der Waals surface area contributed by atoms with Crippen molar-refractivity contribution < 1.29 is 14.0 Å². The van der Waals surface area contributed by atoms with Crippen molar-refractivity contribution in [3.63, 3.8) is 0 Å². The summed E-state index contributed by atoms with van der Waals surface area (Å²) in [6.45, 7) is 1.38. The molecule has 3 rings (SSSR count). The third-order valence-electron chi connectivity index (χ3n) is 3.91. The molecule has 1 aliphatic rings. The Morgan fingerprint density at radius 2 is 1.62 bits per heavy atom. The molecule has 0 N–H and O–H groups in total. The quantitative estimate of drug-likeness (QED) is 0.838. The van der Waals surface area contributed by atoms with E-state index in [0.717, 1.165) is 0 Å². The van der Waals surface area contributed by atoms with Crippen molar-refractivity contribution in [3.05, 3.63) is 64.7 Å². The van der Waals surface area contributed by atoms with Crippen molar-refractivity contribution in [2.75, 3.05) is 26.2 Å². The summed E-state index contributed by atoms with van der Waals surface area (Å²) in [7, 11) is 0. The van der Waals surface area contributed by atoms with Gasteiger partial charge in [-0.2, -0.15) is 0 Å². The minimum absolute atomic E-state index is 0.0898. The number of halogens is 2. The number of rotatable bonds is 2. The van der Waals surface area contributed by atoms with Crippen molar-refractivity contribution in [2.24, 2.45) is 0 Å². The number of pyridine rings is 1. The van der Waals surface area contributed by atoms with Crippen LogP contribution in [0.25, 0.3) is 0 Å². The summed E-state index contributed by atoms with van der Waals surface area (Å²) in [5, 5.41) is 0.0898. The highest BCUT2D eigenvalue weighted by Crippen LogP contribution is 2.21. The standard InChI is InChI=1S/C17H15ClFN3O2/c18-12-4-3-5-13(19)15(12)17(24)22-10-8-21(9-11-22)16(23)14-6-1-2-7-20-14/h1-7H,8-11H2. The van der Waals surface area contributed by atoms with Gasteiger partial charge in [0.25, 0.3) is 11.8 Å². The molecule has 1 saturated heterocycles. The molecule has 0 radical (unpaired) electrons. The van der Waals surface area contributed by atoms with E-state index in [9.17, 15) is 14.0 Å². The van der Waals surface area contributed by atoms with E-state index in [-0.39, 0.29) is 16.5 Å². The van der Waals surface area contributed by atoms with Crippen molar-refractivity contribution in [1.29, 1.82) is 0 Å². The highest BCUT2D eigenvalue weighted by atomic mass is 35.5. The normalized spacial score (nSPS) is 14.6. The van der Waals surface area contributed by atoms with Gasteiger partial charge in [0.2, 0.25) is 0 Å². The molecule has 24 heavy (non-hydrogen) atoms. The molecule has 0 unspecified atom stereocenters. The Hall–Kier alpha value is -2.47. The molecule has 2 aromatic rings. The monoisotopic (exact) mass is 347 g/mol. The van der Waals surface area contributed by atoms with Crippen molar-refractivity contribution in [2.45, 2.75) is 0 Å². The number of carbonyl (C=O) groups is 2. The number of piperazine rings is 1. The topological polar surface area (TPSA) is 53.5 Å². The first-order chi connectivity index (χ1) is 11.6. The molecule has 0 bridgehead atoms. The van der Waals surface area contributed by atoms with Gasteiger partial charge in [0, 0.05) is 32.4 Å². The predicted molar refractivity (Wildman–Crippen MR) is 87.5 cm³/mol. The van der Waals surface area contributed by atoms with Gasteiger partial charge in [-0.15, -0.1) is 0 Å². The van der Waals surface area contributed by atoms with Gasteiger partial charge in [-0.1, -0.05) is 23.7 Å². The lowest BCUT2D eigenvalue weighted by atomic mass is 10.1. The maximum absolute atomic E-state index is 13.9. The Balaban J connectivity index is 1.67. The van der Waals surface area contributed by atoms with Gasteiger partial charge in [0.05, 0.1) is 10.6 Å². The first-order valence-corrected chi connectivity index (χ1v) is 7.89. The van der Waals surface area contributed by atoms with Crippen molar-refractivity contribution >= 4 is 23.4 Å². The van der Waals surface area contributed by atoms with Gasteiger partial charge >= 0.3 is 0 Å². The zero-order valence-corrected chi connectivity index (χ0v) is 13.5. The second-order valence-electron chi connectivity index (χ2n) is 5.40. The predicted octanol–water partition coefficient (Wildman–Crippen LogP) is 2.47. The van der Waals surface area contributed by atoms with Crippen LogP contribution in [0, 0.1) is 5.82 Å². The minimum Gasteiger partial charge on any atom is -0.335 e. The number of nitrogens with zero attached hydrogens (tertiary/aromatic N) is 3. The van der Waals surface area contributed by atoms with Gasteiger partial charge in [-0.05, 0) is 24.3 Å². The Morgan fingerprint density at radius 3 is 2.21 bits per heavy atom. The molecule has 7 heteroatoms. The Morgan fingerprint density at radius 1 is 0.958 bits per heavy atom. The van der Waals surface area contributed by atoms with E-state index in [1.807, 2.05) is 0 Å². The van der Waals surface area contributed by atoms with E-state index in [1.54, 1.807) is 29.3 Å². The number of carbonyl (C=O) groups excluding carboxylic acids is 2. The second kappa shape index (κ2) is 6.97. The Kier molecular flexibility index (Phi) is 4.76. The molecule has 124 valence electrons. The maximum atomic E-state index is 13.9. The largest absolute Gasteiger partial charge is 0.335 e. The minimum atomic E-state index is -0.639. The molecule has 0 aliphatic carbocycles. The maximum Gasteiger partial charge on any atom is 0.272 e. The highest BCUT2D eigenvalue weighted by molar-refractivity contribution is 6.33. The van der Waals surface area contributed by atoms with Crippen LogP contribution in [0.4, 0.5) is 4.39 Å². The third-order valence-corrected chi connectivity index (χ3v) is 4.23. The molecule has 5 nitrogen and oxygen atoms in total. The zero-order valence-electron chi connectivity index (χ0n) is 12.8. The van der Waals surface area contributed by atoms with Crippen LogP contribution in [-0.2, 0) is 0 Å². The summed E-state index contributed by atoms with van der Waals surface area (Å²) in [5.74, 6) is -1.27. The van der Waals surface area contributed by atoms with Crippen LogP contribution in [0.3, 0.4) is 0 Å². The van der Waals surface area contributed by atoms with E-state index in [1.165, 1.54) is 23.1 Å². The van der Waals surface area contributed by atoms with Gasteiger partial charge in [-0.3, -0.25) is 14.6 Å². The smallest absolute Gasteiger partial charge is 0.272 e. The second-order valence-corrected chi connectivity index (χ2v) is 5.80. The molecule has 0 saturated carbocycles. The summed E-state index contributed by atoms with van der Waals surface area (Å²) in [4.78, 5) is 32.0. The van der Waals surface area contributed by atoms with Gasteiger partial charge < -0.3 is 9.80 Å². The lowest BCUT2D eigenvalue weighted by Crippen LogP contribution is -2.50. The van der Waals surface area contributed by atoms with Crippen LogP contribution >= 0.6 is 11.6 Å². The summed E-state index contributed by atoms with van der Waals surface area (Å²) < 4.78 is 13.9. The van der Waals surface area contributed by atoms with Crippen LogP contribution in [0.2, 0.25) is 5.02 Å². The highest BCUT2D eigenvalue weighted by Gasteiger charge is 2.28. The first kappa shape index (κ1) is 16.4. The molecule has 2 amide bonds. The fourth-order valence-electron chi connectivity index (χ4n) is 2.62. The third kappa shape index (κ3) is 3.23. The molecule has 1 aromatic carbocycles. The molecule has 1 aromatic heterocycles. The lowest BCUT2D eigenvalue weighted by molar-refractivity contribution is 0.0529. The average molecular weight is 348 g/mol. The molecular formula is C17H15ClFN3O2. The summed E-state index contributed by atoms with van der Waals surface area (Å²) >= 11 is 5.94. The number of amides is 2. The van der Waals surface area contributed by atoms with Crippen LogP contribution in [0.1, 0.15) is 20.8 Å². The lowest BCUT2D eigenvalue weighted by Gasteiger charge is -2.34. The van der Waals surface area contributed by atoms with Gasteiger partial charge in [-0.25, -0.2) is 4.39 Å². The van der Waals surface area contributed by atoms with Crippen molar-refractivity contribution in [3.8, 4) is 0 Å². The molecule has 0 spiro atoms. The van der Waals surface area contributed by atoms with Gasteiger partial charge in [0.15, 0.2) is 0 Å². The molecule has 1 fully saturated rings. The molecule has 0 atom stereocenters. The molecular weight excluding hydrogens is 333 g/mol. The number of hydrogen-bond acceptors (Lipinski definition) is 3. The Bertz CT molecular complexity index is 741. The van der Waals surface area contributed by atoms with Crippen LogP contribution in [0.15, 0.2) is 42.6 Å². The summed E-state index contributed by atoms with van der Waals surface area (Å²) in [6, 6.07) is 9.29. The average Bonchev–Trinajstić information content (AvgIpc) is 2.62. The van der Waals surface area contributed by atoms with E-state index < -0.39 is 11.7 Å². The molecule has 2 heterocycles. The summed E-state index contributed by atoms with van der Waals surface area (Å²) in [6.07, 6.45) is 1.56. The first-order valence-electron chi connectivity index (χ1n) is 7.51. The van der Waals surface area contributed by atoms with E-state index in [0.29, 0.717) is 31.9 Å². The van der Waals surface area contributed by atoms with Crippen LogP contribution in [0.5, 0.6) is 0 Å². The van der Waals surface area contributed by atoms with E-state index in [2.05, 4.69) is 4.98 Å². The number of hydrogen-bond donors (Lipinski definition) is 0. The molecule has 1 aliphatic heterocycles. The number of benzene rings is 1. The summed E-state index contributed by atoms with van der Waals surface area (Å²) in [5.41, 5.74) is 0.248. The number of aromatic nitrogens is 1. The fraction of sp³-hybridized carbons (Fsp3) is 0.235.